The van der Waals surface area contributed by atoms with Crippen LogP contribution in [0, 0.1) is 0 Å². The lowest BCUT2D eigenvalue weighted by Crippen LogP contribution is -2.36. The minimum absolute atomic E-state index is 0.0281. The smallest absolute Gasteiger partial charge is 0.224 e. The van der Waals surface area contributed by atoms with Crippen molar-refractivity contribution in [3.63, 3.8) is 0 Å². The van der Waals surface area contributed by atoms with Gasteiger partial charge < -0.3 is 10.6 Å². The van der Waals surface area contributed by atoms with Crippen LogP contribution in [0.4, 0.5) is 0 Å². The summed E-state index contributed by atoms with van der Waals surface area (Å²) < 4.78 is 0. The quantitative estimate of drug-likeness (QED) is 0.620. The van der Waals surface area contributed by atoms with Crippen LogP contribution in [0.1, 0.15) is 26.2 Å². The molecule has 0 fully saturated rings. The minimum atomic E-state index is -0.0281. The molecule has 0 aromatic rings. The molecule has 15 heavy (non-hydrogen) atoms. The number of carbonyl (C=O) groups is 1. The van der Waals surface area contributed by atoms with Crippen LogP contribution < -0.4 is 5.73 Å². The Morgan fingerprint density at radius 3 is 2.33 bits per heavy atom. The van der Waals surface area contributed by atoms with E-state index in [-0.39, 0.29) is 11.9 Å². The third-order valence-electron chi connectivity index (χ3n) is 2.15. The predicted molar refractivity (Wildman–Crippen MR) is 64.5 cm³/mol. The second-order valence-electron chi connectivity index (χ2n) is 3.63. The molecule has 0 rings (SSSR count). The molecule has 0 saturated carbocycles. The molecule has 0 radical (unpaired) electrons. The van der Waals surface area contributed by atoms with Crippen molar-refractivity contribution in [3.05, 3.63) is 25.3 Å². The van der Waals surface area contributed by atoms with Crippen molar-refractivity contribution in [2.45, 2.75) is 32.2 Å². The van der Waals surface area contributed by atoms with Crippen LogP contribution >= 0.6 is 0 Å². The molecule has 86 valence electrons. The number of hydrogen-bond donors (Lipinski definition) is 1. The van der Waals surface area contributed by atoms with Crippen LogP contribution in [0.25, 0.3) is 0 Å². The summed E-state index contributed by atoms with van der Waals surface area (Å²) in [6, 6.07) is -0.0281. The summed E-state index contributed by atoms with van der Waals surface area (Å²) in [5.41, 5.74) is 5.82. The lowest BCUT2D eigenvalue weighted by Gasteiger charge is -2.21. The summed E-state index contributed by atoms with van der Waals surface area (Å²) >= 11 is 0. The third-order valence-corrected chi connectivity index (χ3v) is 2.15. The Hall–Kier alpha value is -1.09. The van der Waals surface area contributed by atoms with E-state index >= 15 is 0 Å². The molecule has 0 aliphatic rings. The van der Waals surface area contributed by atoms with Crippen LogP contribution in [0.15, 0.2) is 25.3 Å². The van der Waals surface area contributed by atoms with Crippen LogP contribution in [-0.2, 0) is 4.79 Å². The van der Waals surface area contributed by atoms with E-state index in [9.17, 15) is 4.79 Å². The van der Waals surface area contributed by atoms with E-state index in [2.05, 4.69) is 20.1 Å². The number of hydrogen-bond acceptors (Lipinski definition) is 2. The van der Waals surface area contributed by atoms with E-state index in [1.165, 1.54) is 0 Å². The van der Waals surface area contributed by atoms with Crippen molar-refractivity contribution in [2.75, 3.05) is 13.1 Å². The maximum atomic E-state index is 11.8. The van der Waals surface area contributed by atoms with Gasteiger partial charge in [0.05, 0.1) is 0 Å². The average molecular weight is 210 g/mol. The first kappa shape index (κ1) is 13.9. The zero-order chi connectivity index (χ0) is 11.7. The molecule has 3 heteroatoms. The number of carbonyl (C=O) groups excluding carboxylic acids is 1. The van der Waals surface area contributed by atoms with Gasteiger partial charge in [0.15, 0.2) is 0 Å². The maximum Gasteiger partial charge on any atom is 0.224 e. The Bertz CT molecular complexity index is 204. The van der Waals surface area contributed by atoms with Crippen molar-refractivity contribution in [3.8, 4) is 0 Å². The second-order valence-corrected chi connectivity index (χ2v) is 3.63. The van der Waals surface area contributed by atoms with Gasteiger partial charge in [0.25, 0.3) is 0 Å². The molecule has 0 bridgehead atoms. The predicted octanol–water partition coefficient (Wildman–Crippen LogP) is 1.70. The molecule has 0 spiro atoms. The van der Waals surface area contributed by atoms with Crippen LogP contribution in [0.5, 0.6) is 0 Å². The van der Waals surface area contributed by atoms with Gasteiger partial charge in [-0.25, -0.2) is 0 Å². The highest BCUT2D eigenvalue weighted by Crippen LogP contribution is 2.03. The Morgan fingerprint density at radius 2 is 1.93 bits per heavy atom. The van der Waals surface area contributed by atoms with Gasteiger partial charge in [0.2, 0.25) is 5.91 Å². The highest BCUT2D eigenvalue weighted by Gasteiger charge is 2.14. The van der Waals surface area contributed by atoms with Gasteiger partial charge in [0.1, 0.15) is 0 Å². The van der Waals surface area contributed by atoms with Crippen molar-refractivity contribution >= 4 is 5.91 Å². The number of rotatable bonds is 8. The molecule has 0 heterocycles. The van der Waals surface area contributed by atoms with Crippen LogP contribution in [-0.4, -0.2) is 29.9 Å². The van der Waals surface area contributed by atoms with E-state index < -0.39 is 0 Å². The molecule has 1 unspecified atom stereocenters. The molecular formula is C12H22N2O. The highest BCUT2D eigenvalue weighted by atomic mass is 16.2. The number of nitrogens with zero attached hydrogens (tertiary/aromatic N) is 1. The molecular weight excluding hydrogens is 188 g/mol. The molecule has 1 atom stereocenters. The van der Waals surface area contributed by atoms with Gasteiger partial charge in [-0.3, -0.25) is 4.79 Å². The fraction of sp³-hybridized carbons (Fsp3) is 0.583. The topological polar surface area (TPSA) is 46.3 Å². The fourth-order valence-electron chi connectivity index (χ4n) is 1.42. The Kier molecular flexibility index (Phi) is 7.64. The van der Waals surface area contributed by atoms with Crippen molar-refractivity contribution in [1.29, 1.82) is 0 Å². The van der Waals surface area contributed by atoms with Gasteiger partial charge in [-0.15, -0.1) is 13.2 Å². The fourth-order valence-corrected chi connectivity index (χ4v) is 1.42. The van der Waals surface area contributed by atoms with Crippen LogP contribution in [0.3, 0.4) is 0 Å². The van der Waals surface area contributed by atoms with Crippen molar-refractivity contribution < 1.29 is 4.79 Å². The van der Waals surface area contributed by atoms with E-state index in [4.69, 9.17) is 5.73 Å². The second kappa shape index (κ2) is 8.24. The monoisotopic (exact) mass is 210 g/mol. The Balaban J connectivity index is 4.11. The normalized spacial score (nSPS) is 11.9. The highest BCUT2D eigenvalue weighted by molar-refractivity contribution is 5.77. The molecule has 2 N–H and O–H groups in total. The molecule has 1 amide bonds. The van der Waals surface area contributed by atoms with E-state index in [1.807, 2.05) is 0 Å². The summed E-state index contributed by atoms with van der Waals surface area (Å²) in [6.45, 7) is 10.4. The molecule has 0 saturated heterocycles. The Morgan fingerprint density at radius 1 is 1.40 bits per heavy atom. The standard InChI is InChI=1S/C12H22N2O/c1-4-7-11(13)10-12(15)14(8-5-2)9-6-3/h5-6,11H,2-4,7-10,13H2,1H3. The van der Waals surface area contributed by atoms with E-state index in [0.29, 0.717) is 19.5 Å². The zero-order valence-corrected chi connectivity index (χ0v) is 9.61. The number of amides is 1. The molecule has 0 aromatic heterocycles. The molecule has 0 aliphatic heterocycles. The first-order valence-corrected chi connectivity index (χ1v) is 5.40. The van der Waals surface area contributed by atoms with Gasteiger partial charge in [-0.2, -0.15) is 0 Å². The summed E-state index contributed by atoms with van der Waals surface area (Å²) in [6.07, 6.45) is 5.74. The van der Waals surface area contributed by atoms with Crippen LogP contribution in [0.2, 0.25) is 0 Å². The summed E-state index contributed by atoms with van der Waals surface area (Å²) in [5.74, 6) is 0.0794. The SMILES string of the molecule is C=CCN(CC=C)C(=O)CC(N)CCC. The minimum Gasteiger partial charge on any atom is -0.335 e. The maximum absolute atomic E-state index is 11.8. The van der Waals surface area contributed by atoms with Gasteiger partial charge >= 0.3 is 0 Å². The largest absolute Gasteiger partial charge is 0.335 e. The lowest BCUT2D eigenvalue weighted by molar-refractivity contribution is -0.130. The van der Waals surface area contributed by atoms with Gasteiger partial charge in [-0.1, -0.05) is 25.5 Å². The van der Waals surface area contributed by atoms with Crippen molar-refractivity contribution in [1.82, 2.24) is 4.90 Å². The summed E-state index contributed by atoms with van der Waals surface area (Å²) in [4.78, 5) is 13.5. The summed E-state index contributed by atoms with van der Waals surface area (Å²) in [5, 5.41) is 0. The zero-order valence-electron chi connectivity index (χ0n) is 9.61. The van der Waals surface area contributed by atoms with Crippen molar-refractivity contribution in [2.24, 2.45) is 5.73 Å². The summed E-state index contributed by atoms with van der Waals surface area (Å²) in [7, 11) is 0. The molecule has 0 aliphatic carbocycles. The first-order chi connectivity index (χ1) is 7.15. The third kappa shape index (κ3) is 6.07. The Labute approximate surface area is 92.6 Å². The van der Waals surface area contributed by atoms with E-state index in [0.717, 1.165) is 12.8 Å². The van der Waals surface area contributed by atoms with Gasteiger partial charge in [-0.05, 0) is 6.42 Å². The van der Waals surface area contributed by atoms with E-state index in [1.54, 1.807) is 17.1 Å². The number of nitrogens with two attached hydrogens (primary N) is 1. The molecule has 0 aromatic carbocycles. The van der Waals surface area contributed by atoms with Gasteiger partial charge in [0, 0.05) is 25.6 Å². The lowest BCUT2D eigenvalue weighted by atomic mass is 10.1. The first-order valence-electron chi connectivity index (χ1n) is 5.40. The average Bonchev–Trinajstić information content (AvgIpc) is 2.17. The molecule has 3 nitrogen and oxygen atoms in total.